The Morgan fingerprint density at radius 1 is 1.13 bits per heavy atom. The Bertz CT molecular complexity index is 1160. The van der Waals surface area contributed by atoms with E-state index in [1.54, 1.807) is 12.1 Å². The molecule has 3 amide bonds. The first-order valence-electron chi connectivity index (χ1n) is 9.25. The van der Waals surface area contributed by atoms with E-state index >= 15 is 0 Å². The lowest BCUT2D eigenvalue weighted by molar-refractivity contribution is -0.136. The molecule has 2 aromatic carbocycles. The van der Waals surface area contributed by atoms with Gasteiger partial charge in [0.25, 0.3) is 5.91 Å². The van der Waals surface area contributed by atoms with Crippen molar-refractivity contribution in [1.29, 1.82) is 0 Å². The summed E-state index contributed by atoms with van der Waals surface area (Å²) in [7, 11) is -3.91. The minimum Gasteiger partial charge on any atom is -0.322 e. The first kappa shape index (κ1) is 20.0. The van der Waals surface area contributed by atoms with Gasteiger partial charge in [0.1, 0.15) is 11.9 Å². The molecule has 30 heavy (non-hydrogen) atoms. The average Bonchev–Trinajstić information content (AvgIpc) is 2.99. The van der Waals surface area contributed by atoms with Crippen LogP contribution in [0.1, 0.15) is 34.3 Å². The third-order valence-electron chi connectivity index (χ3n) is 5.10. The number of imide groups is 1. The largest absolute Gasteiger partial charge is 0.322 e. The molecule has 2 N–H and O–H groups in total. The van der Waals surface area contributed by atoms with Crippen LogP contribution in [0.3, 0.4) is 0 Å². The lowest BCUT2D eigenvalue weighted by Gasteiger charge is -2.29. The summed E-state index contributed by atoms with van der Waals surface area (Å²) in [5, 5.41) is 2.23. The van der Waals surface area contributed by atoms with Gasteiger partial charge in [0.05, 0.1) is 5.75 Å². The molecule has 2 heterocycles. The van der Waals surface area contributed by atoms with E-state index in [0.29, 0.717) is 5.56 Å². The van der Waals surface area contributed by atoms with Gasteiger partial charge < -0.3 is 4.90 Å². The highest BCUT2D eigenvalue weighted by Crippen LogP contribution is 2.30. The van der Waals surface area contributed by atoms with Crippen LogP contribution in [0.25, 0.3) is 0 Å². The van der Waals surface area contributed by atoms with E-state index < -0.39 is 39.4 Å². The van der Waals surface area contributed by atoms with Gasteiger partial charge in [-0.3, -0.25) is 24.4 Å². The quantitative estimate of drug-likeness (QED) is 0.698. The fourth-order valence-electron chi connectivity index (χ4n) is 3.65. The summed E-state index contributed by atoms with van der Waals surface area (Å²) in [5.74, 6) is -2.46. The summed E-state index contributed by atoms with van der Waals surface area (Å²) in [5.41, 5.74) is 1.14. The molecule has 4 rings (SSSR count). The van der Waals surface area contributed by atoms with Crippen molar-refractivity contribution in [3.63, 3.8) is 0 Å². The molecule has 2 aliphatic heterocycles. The number of piperidine rings is 1. The first-order chi connectivity index (χ1) is 14.2. The van der Waals surface area contributed by atoms with E-state index in [0.717, 1.165) is 0 Å². The molecule has 1 fully saturated rings. The molecule has 2 aliphatic rings. The number of carbonyl (C=O) groups is 3. The predicted molar refractivity (Wildman–Crippen MR) is 105 cm³/mol. The molecule has 0 aromatic heterocycles. The molecular formula is C20H18FN3O5S. The smallest absolute Gasteiger partial charge is 0.255 e. The molecule has 1 atom stereocenters. The number of anilines is 1. The van der Waals surface area contributed by atoms with Crippen LogP contribution in [0.4, 0.5) is 10.1 Å². The van der Waals surface area contributed by atoms with Gasteiger partial charge in [-0.1, -0.05) is 24.3 Å². The number of fused-ring (bicyclic) bond motifs is 1. The Labute approximate surface area is 172 Å². The summed E-state index contributed by atoms with van der Waals surface area (Å²) in [4.78, 5) is 37.6. The molecule has 0 spiro atoms. The number of hydrogen-bond acceptors (Lipinski definition) is 5. The number of sulfonamides is 1. The monoisotopic (exact) mass is 431 g/mol. The van der Waals surface area contributed by atoms with Crippen molar-refractivity contribution in [2.45, 2.75) is 31.2 Å². The standard InChI is InChI=1S/C20H18FN3O5S/c21-16-4-2-1-3-13(16)11-30(28,29)23-14-6-5-12-10-24(20(27)15(12)9-14)17-7-8-18(25)22-19(17)26/h1-6,9,17,23H,7-8,10-11H2,(H,22,25,26). The average molecular weight is 431 g/mol. The highest BCUT2D eigenvalue weighted by Gasteiger charge is 2.39. The van der Waals surface area contributed by atoms with Gasteiger partial charge in [0.15, 0.2) is 0 Å². The first-order valence-corrected chi connectivity index (χ1v) is 10.9. The van der Waals surface area contributed by atoms with E-state index in [9.17, 15) is 27.2 Å². The van der Waals surface area contributed by atoms with E-state index in [4.69, 9.17) is 0 Å². The summed E-state index contributed by atoms with van der Waals surface area (Å²) in [6, 6.07) is 9.37. The summed E-state index contributed by atoms with van der Waals surface area (Å²) < 4.78 is 41.0. The minimum absolute atomic E-state index is 0.0336. The number of amides is 3. The van der Waals surface area contributed by atoms with Crippen molar-refractivity contribution >= 4 is 33.4 Å². The molecule has 1 unspecified atom stereocenters. The minimum atomic E-state index is -3.91. The number of nitrogens with zero attached hydrogens (tertiary/aromatic N) is 1. The zero-order valence-corrected chi connectivity index (χ0v) is 16.5. The molecule has 8 nitrogen and oxygen atoms in total. The van der Waals surface area contributed by atoms with Gasteiger partial charge in [-0.15, -0.1) is 0 Å². The van der Waals surface area contributed by atoms with Crippen molar-refractivity contribution in [1.82, 2.24) is 10.2 Å². The topological polar surface area (TPSA) is 113 Å². The van der Waals surface area contributed by atoms with Crippen molar-refractivity contribution in [2.75, 3.05) is 4.72 Å². The fraction of sp³-hybridized carbons (Fsp3) is 0.250. The number of rotatable bonds is 5. The van der Waals surface area contributed by atoms with Gasteiger partial charge in [-0.25, -0.2) is 12.8 Å². The summed E-state index contributed by atoms with van der Waals surface area (Å²) >= 11 is 0. The summed E-state index contributed by atoms with van der Waals surface area (Å²) in [6.07, 6.45) is 0.393. The Morgan fingerprint density at radius 2 is 1.90 bits per heavy atom. The lowest BCUT2D eigenvalue weighted by Crippen LogP contribution is -2.52. The zero-order valence-electron chi connectivity index (χ0n) is 15.7. The van der Waals surface area contributed by atoms with Crippen molar-refractivity contribution < 1.29 is 27.2 Å². The van der Waals surface area contributed by atoms with Crippen LogP contribution in [0.5, 0.6) is 0 Å². The van der Waals surface area contributed by atoms with E-state index in [2.05, 4.69) is 10.0 Å². The van der Waals surface area contributed by atoms with Crippen LogP contribution in [-0.4, -0.2) is 37.1 Å². The van der Waals surface area contributed by atoms with Crippen LogP contribution < -0.4 is 10.0 Å². The number of benzene rings is 2. The maximum absolute atomic E-state index is 13.8. The van der Waals surface area contributed by atoms with Gasteiger partial charge in [0, 0.05) is 29.8 Å². The van der Waals surface area contributed by atoms with Gasteiger partial charge in [-0.2, -0.15) is 0 Å². The molecule has 1 saturated heterocycles. The van der Waals surface area contributed by atoms with Gasteiger partial charge >= 0.3 is 0 Å². The second-order valence-electron chi connectivity index (χ2n) is 7.22. The normalized spacial score (nSPS) is 18.9. The summed E-state index contributed by atoms with van der Waals surface area (Å²) in [6.45, 7) is 0.197. The lowest BCUT2D eigenvalue weighted by atomic mass is 10.0. The Balaban J connectivity index is 1.51. The zero-order chi connectivity index (χ0) is 21.5. The van der Waals surface area contributed by atoms with Gasteiger partial charge in [-0.05, 0) is 30.2 Å². The van der Waals surface area contributed by atoms with Crippen LogP contribution in [0.15, 0.2) is 42.5 Å². The van der Waals surface area contributed by atoms with Crippen molar-refractivity contribution in [2.24, 2.45) is 0 Å². The highest BCUT2D eigenvalue weighted by molar-refractivity contribution is 7.91. The molecule has 0 saturated carbocycles. The van der Waals surface area contributed by atoms with E-state index in [-0.39, 0.29) is 42.1 Å². The highest BCUT2D eigenvalue weighted by atomic mass is 32.2. The third-order valence-corrected chi connectivity index (χ3v) is 6.34. The molecule has 2 aromatic rings. The van der Waals surface area contributed by atoms with E-state index in [1.165, 1.54) is 35.2 Å². The molecule has 156 valence electrons. The maximum Gasteiger partial charge on any atom is 0.255 e. The Morgan fingerprint density at radius 3 is 2.63 bits per heavy atom. The molecule has 0 bridgehead atoms. The number of carbonyl (C=O) groups excluding carboxylic acids is 3. The maximum atomic E-state index is 13.8. The fourth-order valence-corrected chi connectivity index (χ4v) is 4.86. The number of hydrogen-bond donors (Lipinski definition) is 2. The second kappa shape index (κ2) is 7.52. The molecule has 0 aliphatic carbocycles. The van der Waals surface area contributed by atoms with Crippen LogP contribution in [0.2, 0.25) is 0 Å². The molecular weight excluding hydrogens is 413 g/mol. The third kappa shape index (κ3) is 3.90. The van der Waals surface area contributed by atoms with E-state index in [1.807, 2.05) is 0 Å². The van der Waals surface area contributed by atoms with Crippen molar-refractivity contribution in [3.05, 3.63) is 65.0 Å². The van der Waals surface area contributed by atoms with Gasteiger partial charge in [0.2, 0.25) is 21.8 Å². The molecule has 0 radical (unpaired) electrons. The second-order valence-corrected chi connectivity index (χ2v) is 8.95. The van der Waals surface area contributed by atoms with Crippen molar-refractivity contribution in [3.8, 4) is 0 Å². The molecule has 10 heteroatoms. The predicted octanol–water partition coefficient (Wildman–Crippen LogP) is 1.53. The van der Waals surface area contributed by atoms with Crippen LogP contribution in [-0.2, 0) is 31.9 Å². The van der Waals surface area contributed by atoms with Crippen LogP contribution in [0, 0.1) is 5.82 Å². The van der Waals surface area contributed by atoms with Crippen LogP contribution >= 0.6 is 0 Å². The number of halogens is 1. The number of nitrogens with one attached hydrogen (secondary N) is 2. The Hall–Kier alpha value is -3.27. The Kier molecular flexibility index (Phi) is 5.02. The SMILES string of the molecule is O=C1CCC(N2Cc3ccc(NS(=O)(=O)Cc4ccccc4F)cc3C2=O)C(=O)N1.